The molecule has 0 saturated carbocycles. The smallest absolute Gasteiger partial charge is 0.0443 e. The summed E-state index contributed by atoms with van der Waals surface area (Å²) in [5.41, 5.74) is 6.82. The average Bonchev–Trinajstić information content (AvgIpc) is 2.83. The van der Waals surface area contributed by atoms with E-state index in [0.717, 1.165) is 19.5 Å². The highest BCUT2D eigenvalue weighted by Gasteiger charge is 2.25. The standard InChI is InChI=1S/C30H32N2/c1-22-14-16-27(17-15-22)32-21-24(20-26-9-4-6-13-30(26)32)18-19-31-23(2)28-12-7-10-25-8-3-5-11-29(25)28/h3-17,23-24,31H,18-21H2,1-2H3/t23-,24?/m1/s1. The van der Waals surface area contributed by atoms with Crippen LogP contribution in [0.1, 0.15) is 36.1 Å². The van der Waals surface area contributed by atoms with Crippen molar-refractivity contribution in [3.05, 3.63) is 108 Å². The van der Waals surface area contributed by atoms with Crippen molar-refractivity contribution in [2.75, 3.05) is 18.0 Å². The number of hydrogen-bond acceptors (Lipinski definition) is 2. The van der Waals surface area contributed by atoms with Crippen LogP contribution in [-0.4, -0.2) is 13.1 Å². The van der Waals surface area contributed by atoms with Crippen LogP contribution in [-0.2, 0) is 6.42 Å². The minimum atomic E-state index is 0.338. The fourth-order valence-corrected chi connectivity index (χ4v) is 5.08. The first-order valence-corrected chi connectivity index (χ1v) is 11.8. The summed E-state index contributed by atoms with van der Waals surface area (Å²) in [6, 6.07) is 33.5. The van der Waals surface area contributed by atoms with E-state index < -0.39 is 0 Å². The van der Waals surface area contributed by atoms with Gasteiger partial charge >= 0.3 is 0 Å². The van der Waals surface area contributed by atoms with Crippen molar-refractivity contribution in [2.24, 2.45) is 5.92 Å². The molecule has 4 aromatic carbocycles. The molecule has 0 bridgehead atoms. The second-order valence-corrected chi connectivity index (χ2v) is 9.18. The normalized spacial score (nSPS) is 16.7. The van der Waals surface area contributed by atoms with E-state index in [9.17, 15) is 0 Å². The Kier molecular flexibility index (Phi) is 5.96. The number of benzene rings is 4. The molecule has 1 aliphatic heterocycles. The number of fused-ring (bicyclic) bond motifs is 2. The van der Waals surface area contributed by atoms with Crippen LogP contribution in [0.3, 0.4) is 0 Å². The maximum absolute atomic E-state index is 3.81. The zero-order chi connectivity index (χ0) is 21.9. The van der Waals surface area contributed by atoms with Crippen LogP contribution >= 0.6 is 0 Å². The van der Waals surface area contributed by atoms with E-state index in [1.54, 1.807) is 0 Å². The lowest BCUT2D eigenvalue weighted by atomic mass is 9.89. The van der Waals surface area contributed by atoms with E-state index in [1.165, 1.54) is 45.3 Å². The molecule has 2 atom stereocenters. The monoisotopic (exact) mass is 420 g/mol. The van der Waals surface area contributed by atoms with Gasteiger partial charge in [0.05, 0.1) is 0 Å². The molecule has 1 heterocycles. The van der Waals surface area contributed by atoms with Gasteiger partial charge in [-0.2, -0.15) is 0 Å². The van der Waals surface area contributed by atoms with Crippen LogP contribution in [0.4, 0.5) is 11.4 Å². The molecule has 0 radical (unpaired) electrons. The molecule has 2 heteroatoms. The fraction of sp³-hybridized carbons (Fsp3) is 0.267. The molecule has 1 aliphatic rings. The van der Waals surface area contributed by atoms with Gasteiger partial charge in [-0.1, -0.05) is 78.4 Å². The highest BCUT2D eigenvalue weighted by molar-refractivity contribution is 5.86. The lowest BCUT2D eigenvalue weighted by Gasteiger charge is -2.36. The number of nitrogens with zero attached hydrogens (tertiary/aromatic N) is 1. The topological polar surface area (TPSA) is 15.3 Å². The quantitative estimate of drug-likeness (QED) is 0.355. The molecule has 5 rings (SSSR count). The van der Waals surface area contributed by atoms with Gasteiger partial charge in [-0.15, -0.1) is 0 Å². The van der Waals surface area contributed by atoms with Crippen LogP contribution in [0.2, 0.25) is 0 Å². The van der Waals surface area contributed by atoms with Crippen molar-refractivity contribution >= 4 is 22.1 Å². The van der Waals surface area contributed by atoms with Gasteiger partial charge in [0, 0.05) is 24.0 Å². The van der Waals surface area contributed by atoms with Crippen molar-refractivity contribution in [2.45, 2.75) is 32.7 Å². The molecule has 0 amide bonds. The summed E-state index contributed by atoms with van der Waals surface area (Å²) >= 11 is 0. The molecule has 1 unspecified atom stereocenters. The summed E-state index contributed by atoms with van der Waals surface area (Å²) < 4.78 is 0. The second kappa shape index (κ2) is 9.18. The summed E-state index contributed by atoms with van der Waals surface area (Å²) in [4.78, 5) is 2.51. The van der Waals surface area contributed by atoms with Crippen molar-refractivity contribution in [1.29, 1.82) is 0 Å². The number of rotatable bonds is 6. The second-order valence-electron chi connectivity index (χ2n) is 9.18. The largest absolute Gasteiger partial charge is 0.341 e. The minimum absolute atomic E-state index is 0.338. The van der Waals surface area contributed by atoms with Crippen LogP contribution in [0.25, 0.3) is 10.8 Å². The van der Waals surface area contributed by atoms with Gasteiger partial charge in [0.15, 0.2) is 0 Å². The first-order chi connectivity index (χ1) is 15.7. The Hall–Kier alpha value is -3.10. The Morgan fingerprint density at radius 3 is 2.50 bits per heavy atom. The van der Waals surface area contributed by atoms with Crippen LogP contribution in [0, 0.1) is 12.8 Å². The molecule has 0 aromatic heterocycles. The summed E-state index contributed by atoms with van der Waals surface area (Å²) in [5, 5.41) is 6.48. The first kappa shape index (κ1) is 20.8. The van der Waals surface area contributed by atoms with E-state index >= 15 is 0 Å². The van der Waals surface area contributed by atoms with Crippen LogP contribution < -0.4 is 10.2 Å². The summed E-state index contributed by atoms with van der Waals surface area (Å²) in [6.45, 7) is 6.54. The lowest BCUT2D eigenvalue weighted by molar-refractivity contribution is 0.438. The zero-order valence-corrected chi connectivity index (χ0v) is 19.1. The van der Waals surface area contributed by atoms with Crippen molar-refractivity contribution in [1.82, 2.24) is 5.32 Å². The highest BCUT2D eigenvalue weighted by Crippen LogP contribution is 2.36. The Balaban J connectivity index is 1.28. The van der Waals surface area contributed by atoms with Gasteiger partial charge in [0.25, 0.3) is 0 Å². The molecule has 2 nitrogen and oxygen atoms in total. The van der Waals surface area contributed by atoms with Crippen molar-refractivity contribution < 1.29 is 0 Å². The first-order valence-electron chi connectivity index (χ1n) is 11.8. The van der Waals surface area contributed by atoms with E-state index in [4.69, 9.17) is 0 Å². The van der Waals surface area contributed by atoms with Crippen LogP contribution in [0.15, 0.2) is 91.0 Å². The molecule has 1 N–H and O–H groups in total. The summed E-state index contributed by atoms with van der Waals surface area (Å²) in [5.74, 6) is 0.637. The van der Waals surface area contributed by atoms with Gasteiger partial charge < -0.3 is 10.2 Å². The maximum atomic E-state index is 3.81. The predicted octanol–water partition coefficient (Wildman–Crippen LogP) is 7.20. The molecular formula is C30H32N2. The predicted molar refractivity (Wildman–Crippen MR) is 137 cm³/mol. The van der Waals surface area contributed by atoms with Gasteiger partial charge in [-0.05, 0) is 79.3 Å². The Morgan fingerprint density at radius 2 is 1.62 bits per heavy atom. The van der Waals surface area contributed by atoms with Crippen molar-refractivity contribution in [3.8, 4) is 0 Å². The van der Waals surface area contributed by atoms with E-state index in [0.29, 0.717) is 12.0 Å². The fourth-order valence-electron chi connectivity index (χ4n) is 5.08. The number of para-hydroxylation sites is 1. The lowest BCUT2D eigenvalue weighted by Crippen LogP contribution is -2.34. The third kappa shape index (κ3) is 4.28. The molecule has 0 saturated heterocycles. The summed E-state index contributed by atoms with van der Waals surface area (Å²) in [7, 11) is 0. The molecule has 0 fully saturated rings. The minimum Gasteiger partial charge on any atom is -0.341 e. The SMILES string of the molecule is Cc1ccc(N2CC(CCN[C@H](C)c3cccc4ccccc34)Cc3ccccc32)cc1. The van der Waals surface area contributed by atoms with Crippen molar-refractivity contribution in [3.63, 3.8) is 0 Å². The van der Waals surface area contributed by atoms with Gasteiger partial charge in [-0.3, -0.25) is 0 Å². The summed E-state index contributed by atoms with van der Waals surface area (Å²) in [6.07, 6.45) is 2.33. The number of aryl methyl sites for hydroxylation is 1. The number of nitrogens with one attached hydrogen (secondary N) is 1. The molecule has 0 aliphatic carbocycles. The number of anilines is 2. The molecule has 0 spiro atoms. The Morgan fingerprint density at radius 1 is 0.875 bits per heavy atom. The Labute approximate surface area is 191 Å². The van der Waals surface area contributed by atoms with Gasteiger partial charge in [-0.25, -0.2) is 0 Å². The van der Waals surface area contributed by atoms with E-state index in [2.05, 4.69) is 115 Å². The third-order valence-electron chi connectivity index (χ3n) is 6.87. The molecule has 32 heavy (non-hydrogen) atoms. The van der Waals surface area contributed by atoms with Gasteiger partial charge in [0.1, 0.15) is 0 Å². The zero-order valence-electron chi connectivity index (χ0n) is 19.1. The van der Waals surface area contributed by atoms with Gasteiger partial charge in [0.2, 0.25) is 0 Å². The number of hydrogen-bond donors (Lipinski definition) is 1. The van der Waals surface area contributed by atoms with Crippen LogP contribution in [0.5, 0.6) is 0 Å². The molecular weight excluding hydrogens is 388 g/mol. The highest BCUT2D eigenvalue weighted by atomic mass is 15.1. The molecule has 162 valence electrons. The van der Waals surface area contributed by atoms with E-state index in [-0.39, 0.29) is 0 Å². The maximum Gasteiger partial charge on any atom is 0.0443 e. The Bertz CT molecular complexity index is 1190. The third-order valence-corrected chi connectivity index (χ3v) is 6.87. The molecule has 4 aromatic rings. The average molecular weight is 421 g/mol. The van der Waals surface area contributed by atoms with E-state index in [1.807, 2.05) is 0 Å².